The molecule has 8 heteroatoms. The highest BCUT2D eigenvalue weighted by Crippen LogP contribution is 2.10. The van der Waals surface area contributed by atoms with Crippen LogP contribution < -0.4 is 15.4 Å². The molecule has 0 aliphatic rings. The number of aliphatic imine (C=N–C) groups is 1. The Bertz CT molecular complexity index is 502. The number of guanidine groups is 1. The lowest BCUT2D eigenvalue weighted by Gasteiger charge is -2.18. The highest BCUT2D eigenvalue weighted by molar-refractivity contribution is 14.0. The predicted octanol–water partition coefficient (Wildman–Crippen LogP) is 2.12. The quantitative estimate of drug-likeness (QED) is 0.207. The van der Waals surface area contributed by atoms with Gasteiger partial charge in [0.25, 0.3) is 0 Å². The first-order chi connectivity index (χ1) is 12.2. The van der Waals surface area contributed by atoms with E-state index >= 15 is 0 Å². The third-order valence-electron chi connectivity index (χ3n) is 3.53. The Morgan fingerprint density at radius 2 is 2.08 bits per heavy atom. The minimum Gasteiger partial charge on any atom is -0.478 e. The Morgan fingerprint density at radius 1 is 1.27 bits per heavy atom. The lowest BCUT2D eigenvalue weighted by molar-refractivity contribution is 0.180. The molecular weight excluding hydrogens is 445 g/mol. The SMILES string of the molecule is CCNC(=NCc1ccnc(OCC)c1)NCCN(C)CCCOC.I. The van der Waals surface area contributed by atoms with Crippen molar-refractivity contribution in [3.05, 3.63) is 23.9 Å². The predicted molar refractivity (Wildman–Crippen MR) is 118 cm³/mol. The van der Waals surface area contributed by atoms with Gasteiger partial charge in [-0.25, -0.2) is 9.98 Å². The maximum atomic E-state index is 5.43. The molecule has 0 aliphatic heterocycles. The molecule has 1 rings (SSSR count). The second-order valence-corrected chi connectivity index (χ2v) is 5.71. The van der Waals surface area contributed by atoms with Gasteiger partial charge in [-0.1, -0.05) is 0 Å². The van der Waals surface area contributed by atoms with Crippen LogP contribution in [-0.4, -0.2) is 69.4 Å². The van der Waals surface area contributed by atoms with Crippen LogP contribution >= 0.6 is 24.0 Å². The summed E-state index contributed by atoms with van der Waals surface area (Å²) in [5.74, 6) is 1.47. The Kier molecular flexibility index (Phi) is 15.4. The molecule has 0 saturated heterocycles. The number of halogens is 1. The standard InChI is InChI=1S/C18H33N5O2.HI/c1-5-19-18(21-10-12-23(3)11-7-13-24-4)22-15-16-8-9-20-17(14-16)25-6-2;/h8-9,14H,5-7,10-13,15H2,1-4H3,(H2,19,21,22);1H. The number of likely N-dealkylation sites (N-methyl/N-ethyl adjacent to an activating group) is 1. The summed E-state index contributed by atoms with van der Waals surface area (Å²) in [4.78, 5) is 11.1. The first kappa shape index (κ1) is 24.9. The first-order valence-corrected chi connectivity index (χ1v) is 8.97. The molecule has 0 radical (unpaired) electrons. The third-order valence-corrected chi connectivity index (χ3v) is 3.53. The molecule has 0 unspecified atom stereocenters. The van der Waals surface area contributed by atoms with E-state index in [-0.39, 0.29) is 24.0 Å². The molecule has 26 heavy (non-hydrogen) atoms. The van der Waals surface area contributed by atoms with E-state index in [1.807, 2.05) is 19.1 Å². The number of pyridine rings is 1. The van der Waals surface area contributed by atoms with Gasteiger partial charge >= 0.3 is 0 Å². The van der Waals surface area contributed by atoms with Gasteiger partial charge in [0, 0.05) is 52.2 Å². The van der Waals surface area contributed by atoms with E-state index in [2.05, 4.69) is 39.5 Å². The third kappa shape index (κ3) is 11.5. The highest BCUT2D eigenvalue weighted by Gasteiger charge is 2.02. The zero-order valence-corrected chi connectivity index (χ0v) is 18.8. The second kappa shape index (κ2) is 16.1. The number of nitrogens with one attached hydrogen (secondary N) is 2. The molecule has 0 saturated carbocycles. The summed E-state index contributed by atoms with van der Waals surface area (Å²) < 4.78 is 10.5. The van der Waals surface area contributed by atoms with Gasteiger partial charge in [0.15, 0.2) is 5.96 Å². The van der Waals surface area contributed by atoms with Crippen LogP contribution in [0.5, 0.6) is 5.88 Å². The van der Waals surface area contributed by atoms with Crippen LogP contribution in [-0.2, 0) is 11.3 Å². The number of methoxy groups -OCH3 is 1. The molecule has 0 spiro atoms. The number of rotatable bonds is 12. The smallest absolute Gasteiger partial charge is 0.213 e. The Hall–Kier alpha value is -1.13. The topological polar surface area (TPSA) is 71.0 Å². The largest absolute Gasteiger partial charge is 0.478 e. The summed E-state index contributed by atoms with van der Waals surface area (Å²) in [6.07, 6.45) is 2.80. The summed E-state index contributed by atoms with van der Waals surface area (Å²) in [6.45, 7) is 9.67. The maximum Gasteiger partial charge on any atom is 0.213 e. The van der Waals surface area contributed by atoms with E-state index in [0.717, 1.165) is 50.7 Å². The van der Waals surface area contributed by atoms with Crippen molar-refractivity contribution in [2.45, 2.75) is 26.8 Å². The molecule has 0 bridgehead atoms. The Labute approximate surface area is 175 Å². The number of aromatic nitrogens is 1. The molecule has 2 N–H and O–H groups in total. The average molecular weight is 479 g/mol. The Balaban J connectivity index is 0.00000625. The van der Waals surface area contributed by atoms with Crippen LogP contribution in [0.3, 0.4) is 0 Å². The van der Waals surface area contributed by atoms with E-state index in [4.69, 9.17) is 9.47 Å². The van der Waals surface area contributed by atoms with Crippen LogP contribution in [0, 0.1) is 0 Å². The number of hydrogen-bond acceptors (Lipinski definition) is 5. The van der Waals surface area contributed by atoms with Crippen LogP contribution in [0.25, 0.3) is 0 Å². The van der Waals surface area contributed by atoms with E-state index in [9.17, 15) is 0 Å². The summed E-state index contributed by atoms with van der Waals surface area (Å²) in [6, 6.07) is 3.89. The number of nitrogens with zero attached hydrogens (tertiary/aromatic N) is 3. The van der Waals surface area contributed by atoms with Gasteiger partial charge in [0.1, 0.15) is 0 Å². The zero-order chi connectivity index (χ0) is 18.3. The van der Waals surface area contributed by atoms with Crippen LogP contribution in [0.2, 0.25) is 0 Å². The molecule has 0 aliphatic carbocycles. The van der Waals surface area contributed by atoms with E-state index in [0.29, 0.717) is 19.0 Å². The lowest BCUT2D eigenvalue weighted by Crippen LogP contribution is -2.41. The molecule has 0 aromatic carbocycles. The number of ether oxygens (including phenoxy) is 2. The minimum absolute atomic E-state index is 0. The maximum absolute atomic E-state index is 5.43. The molecule has 150 valence electrons. The summed E-state index contributed by atoms with van der Waals surface area (Å²) in [5, 5.41) is 6.64. The fraction of sp³-hybridized carbons (Fsp3) is 0.667. The van der Waals surface area contributed by atoms with Crippen molar-refractivity contribution in [3.63, 3.8) is 0 Å². The van der Waals surface area contributed by atoms with Gasteiger partial charge in [0.2, 0.25) is 5.88 Å². The average Bonchev–Trinajstić information content (AvgIpc) is 2.60. The van der Waals surface area contributed by atoms with E-state index < -0.39 is 0 Å². The van der Waals surface area contributed by atoms with Gasteiger partial charge in [-0.15, -0.1) is 24.0 Å². The lowest BCUT2D eigenvalue weighted by atomic mass is 10.3. The summed E-state index contributed by atoms with van der Waals surface area (Å²) >= 11 is 0. The fourth-order valence-corrected chi connectivity index (χ4v) is 2.24. The molecule has 7 nitrogen and oxygen atoms in total. The van der Waals surface area contributed by atoms with E-state index in [1.165, 1.54) is 0 Å². The Morgan fingerprint density at radius 3 is 2.77 bits per heavy atom. The molecule has 1 heterocycles. The minimum atomic E-state index is 0. The monoisotopic (exact) mass is 479 g/mol. The first-order valence-electron chi connectivity index (χ1n) is 8.97. The molecule has 0 fully saturated rings. The molecule has 0 amide bonds. The second-order valence-electron chi connectivity index (χ2n) is 5.71. The van der Waals surface area contributed by atoms with Crippen molar-refractivity contribution in [2.75, 3.05) is 53.6 Å². The zero-order valence-electron chi connectivity index (χ0n) is 16.5. The van der Waals surface area contributed by atoms with Crippen molar-refractivity contribution >= 4 is 29.9 Å². The van der Waals surface area contributed by atoms with Crippen molar-refractivity contribution in [1.82, 2.24) is 20.5 Å². The summed E-state index contributed by atoms with van der Waals surface area (Å²) in [7, 11) is 3.86. The summed E-state index contributed by atoms with van der Waals surface area (Å²) in [5.41, 5.74) is 1.08. The van der Waals surface area contributed by atoms with Crippen molar-refractivity contribution in [2.24, 2.45) is 4.99 Å². The molecule has 1 aromatic heterocycles. The van der Waals surface area contributed by atoms with Crippen LogP contribution in [0.4, 0.5) is 0 Å². The van der Waals surface area contributed by atoms with Crippen LogP contribution in [0.15, 0.2) is 23.3 Å². The number of hydrogen-bond donors (Lipinski definition) is 2. The van der Waals surface area contributed by atoms with Gasteiger partial charge in [-0.3, -0.25) is 0 Å². The van der Waals surface area contributed by atoms with E-state index in [1.54, 1.807) is 13.3 Å². The highest BCUT2D eigenvalue weighted by atomic mass is 127. The fourth-order valence-electron chi connectivity index (χ4n) is 2.24. The van der Waals surface area contributed by atoms with Crippen molar-refractivity contribution in [3.8, 4) is 5.88 Å². The molecule has 1 aromatic rings. The van der Waals surface area contributed by atoms with Crippen LogP contribution in [0.1, 0.15) is 25.8 Å². The van der Waals surface area contributed by atoms with Crippen molar-refractivity contribution < 1.29 is 9.47 Å². The van der Waals surface area contributed by atoms with Crippen molar-refractivity contribution in [1.29, 1.82) is 0 Å². The van der Waals surface area contributed by atoms with Gasteiger partial charge in [0.05, 0.1) is 13.2 Å². The normalized spacial score (nSPS) is 11.2. The van der Waals surface area contributed by atoms with Gasteiger partial charge in [-0.2, -0.15) is 0 Å². The molecule has 0 atom stereocenters. The van der Waals surface area contributed by atoms with Gasteiger partial charge in [-0.05, 0) is 38.9 Å². The molecular formula is C18H34IN5O2. The van der Waals surface area contributed by atoms with Gasteiger partial charge < -0.3 is 25.0 Å².